The number of nitrogens with zero attached hydrogens (tertiary/aromatic N) is 1. The zero-order valence-corrected chi connectivity index (χ0v) is 18.7. The third kappa shape index (κ3) is 5.01. The highest BCUT2D eigenvalue weighted by Gasteiger charge is 2.24. The van der Waals surface area contributed by atoms with E-state index in [-0.39, 0.29) is 16.6 Å². The van der Waals surface area contributed by atoms with Crippen LogP contribution in [0.5, 0.6) is 5.75 Å². The highest BCUT2D eigenvalue weighted by molar-refractivity contribution is 7.92. The summed E-state index contributed by atoms with van der Waals surface area (Å²) in [4.78, 5) is 15.7. The van der Waals surface area contributed by atoms with E-state index in [1.54, 1.807) is 34.4 Å². The van der Waals surface area contributed by atoms with Crippen LogP contribution in [0.3, 0.4) is 0 Å². The number of carbonyl (C=O) groups excluding carboxylic acids is 1. The van der Waals surface area contributed by atoms with Crippen LogP contribution in [0.4, 0.5) is 5.69 Å². The van der Waals surface area contributed by atoms with Gasteiger partial charge in [-0.25, -0.2) is 8.42 Å². The lowest BCUT2D eigenvalue weighted by molar-refractivity contribution is 0.0754. The molecule has 0 fully saturated rings. The number of hydrogen-bond acceptors (Lipinski definition) is 5. The number of carbonyl (C=O) groups is 1. The van der Waals surface area contributed by atoms with Gasteiger partial charge in [0.25, 0.3) is 15.9 Å². The van der Waals surface area contributed by atoms with E-state index in [2.05, 4.69) is 4.72 Å². The van der Waals surface area contributed by atoms with Crippen molar-refractivity contribution in [3.63, 3.8) is 0 Å². The maximum atomic E-state index is 13.1. The molecule has 30 heavy (non-hydrogen) atoms. The third-order valence-electron chi connectivity index (χ3n) is 4.60. The van der Waals surface area contributed by atoms with Gasteiger partial charge in [0, 0.05) is 22.7 Å². The van der Waals surface area contributed by atoms with Gasteiger partial charge in [-0.2, -0.15) is 0 Å². The number of aryl methyl sites for hydroxylation is 1. The summed E-state index contributed by atoms with van der Waals surface area (Å²) in [5, 5.41) is 1.96. The molecule has 2 aromatic carbocycles. The second kappa shape index (κ2) is 9.32. The molecule has 6 nitrogen and oxygen atoms in total. The normalized spacial score (nSPS) is 11.2. The zero-order valence-electron chi connectivity index (χ0n) is 17.1. The van der Waals surface area contributed by atoms with E-state index in [4.69, 9.17) is 4.74 Å². The predicted molar refractivity (Wildman–Crippen MR) is 120 cm³/mol. The Morgan fingerprint density at radius 2 is 1.87 bits per heavy atom. The summed E-state index contributed by atoms with van der Waals surface area (Å²) in [5.41, 5.74) is 1.75. The lowest BCUT2D eigenvalue weighted by atomic mass is 10.2. The van der Waals surface area contributed by atoms with E-state index < -0.39 is 10.0 Å². The number of thiophene rings is 1. The number of rotatable bonds is 8. The number of benzene rings is 2. The van der Waals surface area contributed by atoms with E-state index in [0.717, 1.165) is 10.4 Å². The van der Waals surface area contributed by atoms with Crippen LogP contribution in [0.2, 0.25) is 0 Å². The van der Waals surface area contributed by atoms with Crippen LogP contribution in [-0.2, 0) is 16.6 Å². The Morgan fingerprint density at radius 1 is 1.13 bits per heavy atom. The van der Waals surface area contributed by atoms with Gasteiger partial charge in [-0.3, -0.25) is 9.52 Å². The van der Waals surface area contributed by atoms with Gasteiger partial charge >= 0.3 is 0 Å². The fourth-order valence-electron chi connectivity index (χ4n) is 2.95. The van der Waals surface area contributed by atoms with Crippen LogP contribution in [0, 0.1) is 6.92 Å². The number of ether oxygens (including phenoxy) is 1. The van der Waals surface area contributed by atoms with Gasteiger partial charge in [-0.15, -0.1) is 11.3 Å². The van der Waals surface area contributed by atoms with Crippen molar-refractivity contribution in [2.75, 3.05) is 18.4 Å². The fraction of sp³-hybridized carbons (Fsp3) is 0.227. The van der Waals surface area contributed by atoms with Crippen LogP contribution in [0.15, 0.2) is 64.9 Å². The van der Waals surface area contributed by atoms with Crippen LogP contribution >= 0.6 is 11.3 Å². The first kappa shape index (κ1) is 21.9. The fourth-order valence-corrected chi connectivity index (χ4v) is 4.93. The maximum absolute atomic E-state index is 13.1. The molecule has 0 atom stereocenters. The molecule has 3 rings (SSSR count). The minimum Gasteiger partial charge on any atom is -0.495 e. The minimum atomic E-state index is -3.95. The largest absolute Gasteiger partial charge is 0.495 e. The molecule has 0 aliphatic carbocycles. The molecule has 0 bridgehead atoms. The maximum Gasteiger partial charge on any atom is 0.265 e. The molecule has 0 spiro atoms. The zero-order chi connectivity index (χ0) is 21.7. The highest BCUT2D eigenvalue weighted by Crippen LogP contribution is 2.28. The van der Waals surface area contributed by atoms with Crippen molar-refractivity contribution in [1.29, 1.82) is 0 Å². The van der Waals surface area contributed by atoms with E-state index in [1.807, 2.05) is 43.5 Å². The monoisotopic (exact) mass is 444 g/mol. The number of sulfonamides is 1. The van der Waals surface area contributed by atoms with Gasteiger partial charge in [0.2, 0.25) is 0 Å². The summed E-state index contributed by atoms with van der Waals surface area (Å²) in [6.45, 7) is 4.80. The van der Waals surface area contributed by atoms with Gasteiger partial charge in [0.05, 0.1) is 13.7 Å². The van der Waals surface area contributed by atoms with Crippen LogP contribution in [0.25, 0.3) is 0 Å². The second-order valence-electron chi connectivity index (χ2n) is 6.74. The van der Waals surface area contributed by atoms with Crippen molar-refractivity contribution in [2.45, 2.75) is 25.3 Å². The van der Waals surface area contributed by atoms with Crippen LogP contribution in [0.1, 0.15) is 27.7 Å². The van der Waals surface area contributed by atoms with Gasteiger partial charge in [-0.1, -0.05) is 23.8 Å². The summed E-state index contributed by atoms with van der Waals surface area (Å²) >= 11 is 1.58. The Balaban J connectivity index is 1.92. The van der Waals surface area contributed by atoms with E-state index >= 15 is 0 Å². The molecule has 1 aromatic heterocycles. The van der Waals surface area contributed by atoms with Gasteiger partial charge in [0.15, 0.2) is 0 Å². The van der Waals surface area contributed by atoms with Crippen molar-refractivity contribution in [2.24, 2.45) is 0 Å². The summed E-state index contributed by atoms with van der Waals surface area (Å²) in [7, 11) is -2.55. The van der Waals surface area contributed by atoms with Crippen molar-refractivity contribution in [3.8, 4) is 5.75 Å². The van der Waals surface area contributed by atoms with Gasteiger partial charge < -0.3 is 9.64 Å². The molecule has 1 amide bonds. The average molecular weight is 445 g/mol. The molecule has 0 aliphatic rings. The Labute approximate surface area is 181 Å². The molecular weight excluding hydrogens is 420 g/mol. The Bertz CT molecular complexity index is 1110. The SMILES string of the molecule is CCN(Cc1cccs1)C(=O)c1ccc(OC)c(S(=O)(=O)Nc2ccc(C)cc2)c1. The first-order chi connectivity index (χ1) is 14.3. The predicted octanol–water partition coefficient (Wildman–Crippen LogP) is 4.53. The first-order valence-corrected chi connectivity index (χ1v) is 11.8. The summed E-state index contributed by atoms with van der Waals surface area (Å²) in [5.74, 6) is -0.0622. The highest BCUT2D eigenvalue weighted by atomic mass is 32.2. The quantitative estimate of drug-likeness (QED) is 0.554. The molecule has 158 valence electrons. The standard InChI is InChI=1S/C22H24N2O4S2/c1-4-24(15-19-6-5-13-29-19)22(25)17-9-12-20(28-3)21(14-17)30(26,27)23-18-10-7-16(2)8-11-18/h5-14,23H,4,15H2,1-3H3. The lowest BCUT2D eigenvalue weighted by Gasteiger charge is -2.21. The molecule has 1 N–H and O–H groups in total. The Hall–Kier alpha value is -2.84. The molecule has 0 radical (unpaired) electrons. The third-order valence-corrected chi connectivity index (χ3v) is 6.86. The van der Waals surface area contributed by atoms with Crippen LogP contribution in [-0.4, -0.2) is 32.9 Å². The number of hydrogen-bond donors (Lipinski definition) is 1. The average Bonchev–Trinajstić information content (AvgIpc) is 3.26. The molecule has 0 saturated heterocycles. The van der Waals surface area contributed by atoms with E-state index in [9.17, 15) is 13.2 Å². The van der Waals surface area contributed by atoms with Gasteiger partial charge in [0.1, 0.15) is 10.6 Å². The van der Waals surface area contributed by atoms with Gasteiger partial charge in [-0.05, 0) is 55.6 Å². The summed E-state index contributed by atoms with van der Waals surface area (Å²) in [6.07, 6.45) is 0. The topological polar surface area (TPSA) is 75.7 Å². The Kier molecular flexibility index (Phi) is 6.79. The molecule has 3 aromatic rings. The molecule has 0 unspecified atom stereocenters. The van der Waals surface area contributed by atoms with Crippen molar-refractivity contribution in [3.05, 3.63) is 76.0 Å². The number of anilines is 1. The minimum absolute atomic E-state index is 0.0800. The van der Waals surface area contributed by atoms with Crippen molar-refractivity contribution >= 4 is 33.0 Å². The molecular formula is C22H24N2O4S2. The summed E-state index contributed by atoms with van der Waals surface area (Å²) < 4.78 is 33.8. The number of amides is 1. The smallest absolute Gasteiger partial charge is 0.265 e. The lowest BCUT2D eigenvalue weighted by Crippen LogP contribution is -2.30. The van der Waals surface area contributed by atoms with E-state index in [0.29, 0.717) is 24.3 Å². The molecule has 0 saturated carbocycles. The first-order valence-electron chi connectivity index (χ1n) is 9.43. The number of methoxy groups -OCH3 is 1. The van der Waals surface area contributed by atoms with E-state index in [1.165, 1.54) is 19.2 Å². The molecule has 0 aliphatic heterocycles. The number of nitrogens with one attached hydrogen (secondary N) is 1. The van der Waals surface area contributed by atoms with Crippen molar-refractivity contribution < 1.29 is 17.9 Å². The molecule has 8 heteroatoms. The summed E-state index contributed by atoms with van der Waals surface area (Å²) in [6, 6.07) is 15.4. The molecule has 1 heterocycles. The second-order valence-corrected chi connectivity index (χ2v) is 9.42. The Morgan fingerprint density at radius 3 is 2.47 bits per heavy atom. The van der Waals surface area contributed by atoms with Crippen LogP contribution < -0.4 is 9.46 Å². The van der Waals surface area contributed by atoms with Crippen molar-refractivity contribution in [1.82, 2.24) is 4.90 Å².